The lowest BCUT2D eigenvalue weighted by molar-refractivity contribution is 0.537. The molecule has 0 radical (unpaired) electrons. The highest BCUT2D eigenvalue weighted by atomic mass is 79.9. The van der Waals surface area contributed by atoms with Crippen LogP contribution in [0, 0.1) is 11.6 Å². The van der Waals surface area contributed by atoms with E-state index >= 15 is 0 Å². The molecule has 0 atom stereocenters. The first-order chi connectivity index (χ1) is 9.74. The highest BCUT2D eigenvalue weighted by Gasteiger charge is 2.19. The molecular formula is C12H10BrClF2N2O2S. The molecule has 0 fully saturated rings. The number of halogens is 4. The smallest absolute Gasteiger partial charge is 0.280 e. The lowest BCUT2D eigenvalue weighted by Crippen LogP contribution is -2.07. The van der Waals surface area contributed by atoms with Crippen molar-refractivity contribution in [3.05, 3.63) is 45.8 Å². The molecule has 21 heavy (non-hydrogen) atoms. The maximum absolute atomic E-state index is 14.0. The van der Waals surface area contributed by atoms with Crippen LogP contribution in [0.2, 0.25) is 0 Å². The van der Waals surface area contributed by atoms with E-state index in [1.807, 2.05) is 0 Å². The van der Waals surface area contributed by atoms with Gasteiger partial charge in [-0.1, -0.05) is 6.92 Å². The van der Waals surface area contributed by atoms with Gasteiger partial charge in [-0.25, -0.2) is 22.2 Å². The Labute approximate surface area is 133 Å². The lowest BCUT2D eigenvalue weighted by atomic mass is 10.2. The third-order valence-electron chi connectivity index (χ3n) is 2.87. The predicted octanol–water partition coefficient (Wildman–Crippen LogP) is 3.46. The molecule has 1 heterocycles. The van der Waals surface area contributed by atoms with E-state index in [1.165, 1.54) is 16.8 Å². The van der Waals surface area contributed by atoms with Crippen LogP contribution in [-0.2, 0) is 22.0 Å². The summed E-state index contributed by atoms with van der Waals surface area (Å²) in [5, 5.41) is -0.336. The molecule has 0 N–H and O–H groups in total. The Bertz CT molecular complexity index is 793. The van der Waals surface area contributed by atoms with Gasteiger partial charge in [0.2, 0.25) is 0 Å². The van der Waals surface area contributed by atoms with E-state index in [0.717, 1.165) is 6.07 Å². The Balaban J connectivity index is 2.50. The molecule has 0 saturated carbocycles. The zero-order chi connectivity index (χ0) is 15.8. The zero-order valence-electron chi connectivity index (χ0n) is 10.8. The number of hydrogen-bond acceptors (Lipinski definition) is 3. The quantitative estimate of drug-likeness (QED) is 0.584. The molecule has 4 nitrogen and oxygen atoms in total. The molecule has 0 amide bonds. The van der Waals surface area contributed by atoms with E-state index in [-0.39, 0.29) is 21.6 Å². The second-order valence-electron chi connectivity index (χ2n) is 4.24. The van der Waals surface area contributed by atoms with Crippen molar-refractivity contribution in [1.29, 1.82) is 0 Å². The second kappa shape index (κ2) is 6.02. The molecular weight excluding hydrogens is 390 g/mol. The number of rotatable bonds is 4. The predicted molar refractivity (Wildman–Crippen MR) is 77.8 cm³/mol. The molecule has 0 spiro atoms. The van der Waals surface area contributed by atoms with Gasteiger partial charge >= 0.3 is 0 Å². The monoisotopic (exact) mass is 398 g/mol. The van der Waals surface area contributed by atoms with Crippen LogP contribution in [-0.4, -0.2) is 18.0 Å². The molecule has 9 heteroatoms. The summed E-state index contributed by atoms with van der Waals surface area (Å²) in [7, 11) is 1.24. The third-order valence-corrected chi connectivity index (χ3v) is 4.65. The summed E-state index contributed by atoms with van der Waals surface area (Å²) < 4.78 is 51.8. The molecule has 0 unspecified atom stereocenters. The molecule has 0 aliphatic heterocycles. The van der Waals surface area contributed by atoms with E-state index in [1.54, 1.807) is 6.92 Å². The highest BCUT2D eigenvalue weighted by molar-refractivity contribution is 9.10. The number of imidazole rings is 1. The average Bonchev–Trinajstić information content (AvgIpc) is 2.82. The number of nitrogens with zero attached hydrogens (tertiary/aromatic N) is 2. The van der Waals surface area contributed by atoms with Gasteiger partial charge < -0.3 is 4.57 Å². The van der Waals surface area contributed by atoms with Crippen molar-refractivity contribution in [3.8, 4) is 0 Å². The maximum Gasteiger partial charge on any atom is 0.280 e. The van der Waals surface area contributed by atoms with Crippen LogP contribution < -0.4 is 0 Å². The summed E-state index contributed by atoms with van der Waals surface area (Å²) >= 11 is 2.98. The average molecular weight is 400 g/mol. The van der Waals surface area contributed by atoms with Crippen molar-refractivity contribution < 1.29 is 17.2 Å². The van der Waals surface area contributed by atoms with Crippen molar-refractivity contribution in [3.63, 3.8) is 0 Å². The number of hydrogen-bond donors (Lipinski definition) is 0. The minimum Gasteiger partial charge on any atom is -0.329 e. The Morgan fingerprint density at radius 1 is 1.38 bits per heavy atom. The van der Waals surface area contributed by atoms with Crippen LogP contribution >= 0.6 is 26.6 Å². The first-order valence-corrected chi connectivity index (χ1v) is 8.97. The van der Waals surface area contributed by atoms with E-state index in [0.29, 0.717) is 12.2 Å². The minimum absolute atomic E-state index is 0.127. The Morgan fingerprint density at radius 2 is 2.05 bits per heavy atom. The van der Waals surface area contributed by atoms with Crippen LogP contribution in [0.25, 0.3) is 0 Å². The van der Waals surface area contributed by atoms with Crippen LogP contribution in [0.1, 0.15) is 18.3 Å². The molecule has 0 aliphatic carbocycles. The topological polar surface area (TPSA) is 52.0 Å². The summed E-state index contributed by atoms with van der Waals surface area (Å²) in [4.78, 5) is 3.86. The fourth-order valence-electron chi connectivity index (χ4n) is 1.85. The molecule has 2 aromatic rings. The molecule has 1 aromatic carbocycles. The van der Waals surface area contributed by atoms with E-state index < -0.39 is 20.7 Å². The standard InChI is InChI=1S/C12H10BrClF2N2O2S/c1-2-10-17-11(21(14,19)20)6-18(10)5-7-9(15)4-3-8(13)12(7)16/h3-4,6H,2,5H2,1H3. The van der Waals surface area contributed by atoms with Gasteiger partial charge in [0.1, 0.15) is 17.5 Å². The first-order valence-electron chi connectivity index (χ1n) is 5.87. The fraction of sp³-hybridized carbons (Fsp3) is 0.250. The second-order valence-corrected chi connectivity index (χ2v) is 7.60. The molecule has 0 aliphatic rings. The van der Waals surface area contributed by atoms with E-state index in [2.05, 4.69) is 20.9 Å². The summed E-state index contributed by atoms with van der Waals surface area (Å²) in [5.41, 5.74) is -0.185. The van der Waals surface area contributed by atoms with E-state index in [9.17, 15) is 17.2 Å². The van der Waals surface area contributed by atoms with Crippen LogP contribution in [0.3, 0.4) is 0 Å². The van der Waals surface area contributed by atoms with Gasteiger partial charge in [0.05, 0.1) is 11.0 Å². The van der Waals surface area contributed by atoms with Gasteiger partial charge in [-0.3, -0.25) is 0 Å². The van der Waals surface area contributed by atoms with Gasteiger partial charge in [0, 0.05) is 28.9 Å². The summed E-state index contributed by atoms with van der Waals surface area (Å²) in [6.07, 6.45) is 1.56. The summed E-state index contributed by atoms with van der Waals surface area (Å²) in [5.74, 6) is -1.09. The van der Waals surface area contributed by atoms with Gasteiger partial charge in [-0.15, -0.1) is 0 Å². The zero-order valence-corrected chi connectivity index (χ0v) is 13.9. The van der Waals surface area contributed by atoms with Crippen LogP contribution in [0.5, 0.6) is 0 Å². The van der Waals surface area contributed by atoms with Crippen LogP contribution in [0.15, 0.2) is 27.8 Å². The first kappa shape index (κ1) is 16.4. The Morgan fingerprint density at radius 3 is 2.62 bits per heavy atom. The number of aromatic nitrogens is 2. The SMILES string of the molecule is CCc1nc(S(=O)(=O)Cl)cn1Cc1c(F)ccc(Br)c1F. The fourth-order valence-corrected chi connectivity index (χ4v) is 2.91. The van der Waals surface area contributed by atoms with Gasteiger partial charge in [-0.05, 0) is 28.1 Å². The largest absolute Gasteiger partial charge is 0.329 e. The van der Waals surface area contributed by atoms with E-state index in [4.69, 9.17) is 10.7 Å². The van der Waals surface area contributed by atoms with Crippen molar-refractivity contribution in [2.75, 3.05) is 0 Å². The van der Waals surface area contributed by atoms with Crippen LogP contribution in [0.4, 0.5) is 8.78 Å². The molecule has 114 valence electrons. The number of benzene rings is 1. The minimum atomic E-state index is -3.99. The van der Waals surface area contributed by atoms with Crippen molar-refractivity contribution in [2.24, 2.45) is 0 Å². The normalized spacial score (nSPS) is 11.9. The molecule has 1 aromatic heterocycles. The molecule has 0 saturated heterocycles. The van der Waals surface area contributed by atoms with Gasteiger partial charge in [-0.2, -0.15) is 0 Å². The Kier molecular flexibility index (Phi) is 4.69. The maximum atomic E-state index is 14.0. The third kappa shape index (κ3) is 3.44. The lowest BCUT2D eigenvalue weighted by Gasteiger charge is -2.09. The highest BCUT2D eigenvalue weighted by Crippen LogP contribution is 2.24. The van der Waals surface area contributed by atoms with Gasteiger partial charge in [0.15, 0.2) is 5.03 Å². The van der Waals surface area contributed by atoms with Crippen molar-refractivity contribution >= 4 is 35.7 Å². The molecule has 2 rings (SSSR count). The summed E-state index contributed by atoms with van der Waals surface area (Å²) in [6.45, 7) is 1.57. The Hall–Kier alpha value is -0.990. The summed E-state index contributed by atoms with van der Waals surface area (Å²) in [6, 6.07) is 2.39. The van der Waals surface area contributed by atoms with Crippen molar-refractivity contribution in [1.82, 2.24) is 9.55 Å². The van der Waals surface area contributed by atoms with Crippen molar-refractivity contribution in [2.45, 2.75) is 24.9 Å². The van der Waals surface area contributed by atoms with Gasteiger partial charge in [0.25, 0.3) is 9.05 Å². The number of aryl methyl sites for hydroxylation is 1. The molecule has 0 bridgehead atoms.